The van der Waals surface area contributed by atoms with E-state index in [1.165, 1.54) is 30.5 Å². The number of nitrogens with zero attached hydrogens (tertiary/aromatic N) is 1. The van der Waals surface area contributed by atoms with E-state index in [9.17, 15) is 9.90 Å². The molecule has 2 aromatic carbocycles. The van der Waals surface area contributed by atoms with Crippen molar-refractivity contribution >= 4 is 17.4 Å². The zero-order chi connectivity index (χ0) is 31.3. The van der Waals surface area contributed by atoms with E-state index in [0.29, 0.717) is 30.7 Å². The minimum absolute atomic E-state index is 0.245. The standard InChI is InChI=1S/C36H54N4O4/c1-26(2)25-43-28(4)44-39-27(3)32-14-16-34(17-15-32)40-20-18-31(19-21-40)23-37-22-29-10-12-30(13-11-29)24-38-35(36(41)42)33-8-6-5-7-9-33/h10-17,26,28,31,33,35,37-39H,3,5-9,18-25H2,1-2,4H3,(H,41,42). The van der Waals surface area contributed by atoms with Crippen molar-refractivity contribution in [2.24, 2.45) is 17.8 Å². The number of carboxylic acid groups (broad SMARTS) is 1. The van der Waals surface area contributed by atoms with Crippen molar-refractivity contribution in [3.63, 3.8) is 0 Å². The molecule has 1 saturated carbocycles. The topological polar surface area (TPSA) is 95.1 Å². The first-order valence-corrected chi connectivity index (χ1v) is 16.6. The van der Waals surface area contributed by atoms with Gasteiger partial charge in [-0.05, 0) is 85.7 Å². The van der Waals surface area contributed by atoms with Gasteiger partial charge in [-0.1, -0.05) is 76.1 Å². The normalized spacial score (nSPS) is 17.9. The second kappa shape index (κ2) is 17.5. The number of benzene rings is 2. The van der Waals surface area contributed by atoms with Crippen molar-refractivity contribution in [3.05, 3.63) is 71.8 Å². The molecule has 0 aromatic heterocycles. The fourth-order valence-corrected chi connectivity index (χ4v) is 6.19. The summed E-state index contributed by atoms with van der Waals surface area (Å²) in [6.07, 6.45) is 7.54. The molecule has 1 aliphatic carbocycles. The average Bonchev–Trinajstić information content (AvgIpc) is 3.04. The molecule has 1 aliphatic heterocycles. The third-order valence-corrected chi connectivity index (χ3v) is 8.91. The zero-order valence-corrected chi connectivity index (χ0v) is 27.0. The second-order valence-electron chi connectivity index (χ2n) is 13.0. The molecule has 1 heterocycles. The Hall–Kier alpha value is -2.91. The van der Waals surface area contributed by atoms with Crippen LogP contribution in [0.25, 0.3) is 5.70 Å². The van der Waals surface area contributed by atoms with Crippen molar-refractivity contribution in [2.75, 3.05) is 31.1 Å². The highest BCUT2D eigenvalue weighted by Gasteiger charge is 2.28. The van der Waals surface area contributed by atoms with Crippen molar-refractivity contribution < 1.29 is 19.5 Å². The minimum Gasteiger partial charge on any atom is -0.480 e. The maximum atomic E-state index is 11.8. The molecule has 2 atom stereocenters. The van der Waals surface area contributed by atoms with Crippen LogP contribution < -0.4 is 21.0 Å². The van der Waals surface area contributed by atoms with E-state index in [1.807, 2.05) is 6.92 Å². The first kappa shape index (κ1) is 34.0. The quantitative estimate of drug-likeness (QED) is 0.123. The van der Waals surface area contributed by atoms with Crippen molar-refractivity contribution in [1.29, 1.82) is 0 Å². The van der Waals surface area contributed by atoms with Crippen LogP contribution >= 0.6 is 0 Å². The van der Waals surface area contributed by atoms with Crippen LogP contribution in [0.15, 0.2) is 55.1 Å². The first-order chi connectivity index (χ1) is 21.3. The van der Waals surface area contributed by atoms with Crippen LogP contribution in [-0.2, 0) is 27.5 Å². The number of ether oxygens (including phenoxy) is 1. The van der Waals surface area contributed by atoms with Crippen LogP contribution in [0.4, 0.5) is 5.69 Å². The van der Waals surface area contributed by atoms with Gasteiger partial charge in [0, 0.05) is 31.9 Å². The summed E-state index contributed by atoms with van der Waals surface area (Å²) in [6.45, 7) is 15.4. The highest BCUT2D eigenvalue weighted by atomic mass is 16.8. The van der Waals surface area contributed by atoms with Crippen molar-refractivity contribution in [2.45, 2.75) is 91.1 Å². The number of hydrogen-bond acceptors (Lipinski definition) is 7. The summed E-state index contributed by atoms with van der Waals surface area (Å²) in [4.78, 5) is 19.9. The number of hydrogen-bond donors (Lipinski definition) is 4. The lowest BCUT2D eigenvalue weighted by atomic mass is 9.84. The van der Waals surface area contributed by atoms with Crippen molar-refractivity contribution in [1.82, 2.24) is 16.1 Å². The number of hydroxylamine groups is 1. The summed E-state index contributed by atoms with van der Waals surface area (Å²) < 4.78 is 5.63. The molecule has 1 saturated heterocycles. The second-order valence-corrected chi connectivity index (χ2v) is 13.0. The lowest BCUT2D eigenvalue weighted by molar-refractivity contribution is -0.160. The molecule has 44 heavy (non-hydrogen) atoms. The molecule has 4 rings (SSSR count). The molecule has 0 bridgehead atoms. The molecule has 2 aromatic rings. The van der Waals surface area contributed by atoms with Gasteiger partial charge >= 0.3 is 5.97 Å². The molecule has 2 fully saturated rings. The van der Waals surface area contributed by atoms with Gasteiger partial charge in [0.05, 0.1) is 12.3 Å². The van der Waals surface area contributed by atoms with Crippen LogP contribution in [-0.4, -0.2) is 49.6 Å². The van der Waals surface area contributed by atoms with Crippen LogP contribution in [0.3, 0.4) is 0 Å². The Morgan fingerprint density at radius 2 is 1.57 bits per heavy atom. The van der Waals surface area contributed by atoms with Crippen LogP contribution in [0, 0.1) is 17.8 Å². The van der Waals surface area contributed by atoms with Gasteiger partial charge in [0.1, 0.15) is 6.04 Å². The first-order valence-electron chi connectivity index (χ1n) is 16.6. The number of aliphatic carboxylic acids is 1. The SMILES string of the molecule is C=C(NOC(C)OCC(C)C)c1ccc(N2CCC(CNCc3ccc(CNC(C(=O)O)C4CCCCC4)cc3)CC2)cc1. The van der Waals surface area contributed by atoms with Crippen LogP contribution in [0.5, 0.6) is 0 Å². The van der Waals surface area contributed by atoms with Gasteiger partial charge in [0.2, 0.25) is 0 Å². The number of carboxylic acids is 1. The molecule has 4 N–H and O–H groups in total. The van der Waals surface area contributed by atoms with Gasteiger partial charge in [0.15, 0.2) is 6.29 Å². The molecule has 0 radical (unpaired) electrons. The van der Waals surface area contributed by atoms with Crippen LogP contribution in [0.2, 0.25) is 0 Å². The fraction of sp³-hybridized carbons (Fsp3) is 0.583. The third kappa shape index (κ3) is 10.9. The Bertz CT molecular complexity index is 1140. The Kier molecular flexibility index (Phi) is 13.5. The smallest absolute Gasteiger partial charge is 0.320 e. The number of anilines is 1. The van der Waals surface area contributed by atoms with Crippen molar-refractivity contribution in [3.8, 4) is 0 Å². The molecule has 0 amide bonds. The van der Waals surface area contributed by atoms with Gasteiger partial charge in [0.25, 0.3) is 0 Å². The van der Waals surface area contributed by atoms with Gasteiger partial charge in [-0.3, -0.25) is 10.3 Å². The summed E-state index contributed by atoms with van der Waals surface area (Å²) in [5.74, 6) is 0.654. The Labute approximate surface area is 264 Å². The Morgan fingerprint density at radius 1 is 0.932 bits per heavy atom. The molecular weight excluding hydrogens is 552 g/mol. The monoisotopic (exact) mass is 606 g/mol. The lowest BCUT2D eigenvalue weighted by Crippen LogP contribution is -2.43. The van der Waals surface area contributed by atoms with E-state index in [4.69, 9.17) is 9.57 Å². The average molecular weight is 607 g/mol. The number of rotatable bonds is 17. The van der Waals surface area contributed by atoms with E-state index in [2.05, 4.69) is 90.0 Å². The largest absolute Gasteiger partial charge is 0.480 e. The minimum atomic E-state index is -0.722. The summed E-state index contributed by atoms with van der Waals surface area (Å²) in [7, 11) is 0. The highest BCUT2D eigenvalue weighted by Crippen LogP contribution is 2.27. The lowest BCUT2D eigenvalue weighted by Gasteiger charge is -2.34. The number of piperidine rings is 1. The van der Waals surface area contributed by atoms with E-state index >= 15 is 0 Å². The van der Waals surface area contributed by atoms with Crippen LogP contribution in [0.1, 0.15) is 82.4 Å². The molecule has 2 unspecified atom stereocenters. The number of carbonyl (C=O) groups is 1. The van der Waals surface area contributed by atoms with E-state index < -0.39 is 12.0 Å². The summed E-state index contributed by atoms with van der Waals surface area (Å²) in [6, 6.07) is 16.6. The molecule has 242 valence electrons. The summed E-state index contributed by atoms with van der Waals surface area (Å²) >= 11 is 0. The summed E-state index contributed by atoms with van der Waals surface area (Å²) in [5, 5.41) is 16.7. The van der Waals surface area contributed by atoms with Gasteiger partial charge < -0.3 is 25.4 Å². The molecular formula is C36H54N4O4. The predicted octanol–water partition coefficient (Wildman–Crippen LogP) is 6.33. The third-order valence-electron chi connectivity index (χ3n) is 8.91. The Morgan fingerprint density at radius 3 is 2.18 bits per heavy atom. The Balaban J connectivity index is 1.12. The molecule has 8 nitrogen and oxygen atoms in total. The van der Waals surface area contributed by atoms with E-state index in [0.717, 1.165) is 63.0 Å². The van der Waals surface area contributed by atoms with Gasteiger partial charge in [-0.2, -0.15) is 0 Å². The maximum Gasteiger partial charge on any atom is 0.320 e. The number of nitrogens with one attached hydrogen (secondary N) is 3. The predicted molar refractivity (Wildman–Crippen MR) is 178 cm³/mol. The zero-order valence-electron chi connectivity index (χ0n) is 27.0. The highest BCUT2D eigenvalue weighted by molar-refractivity contribution is 5.73. The molecule has 8 heteroatoms. The molecule has 0 spiro atoms. The summed E-state index contributed by atoms with van der Waals surface area (Å²) in [5.41, 5.74) is 8.27. The van der Waals surface area contributed by atoms with Gasteiger partial charge in [-0.15, -0.1) is 0 Å². The van der Waals surface area contributed by atoms with E-state index in [-0.39, 0.29) is 12.2 Å². The maximum absolute atomic E-state index is 11.8. The van der Waals surface area contributed by atoms with Gasteiger partial charge in [-0.25, -0.2) is 4.84 Å². The van der Waals surface area contributed by atoms with E-state index in [1.54, 1.807) is 0 Å². The molecule has 2 aliphatic rings. The fourth-order valence-electron chi connectivity index (χ4n) is 6.19.